The van der Waals surface area contributed by atoms with Crippen molar-refractivity contribution in [2.24, 2.45) is 5.92 Å². The number of anilines is 2. The van der Waals surface area contributed by atoms with E-state index in [1.165, 1.54) is 0 Å². The third-order valence-corrected chi connectivity index (χ3v) is 3.25. The lowest BCUT2D eigenvalue weighted by Gasteiger charge is -2.10. The number of urea groups is 1. The van der Waals surface area contributed by atoms with Gasteiger partial charge in [-0.3, -0.25) is 4.79 Å². The van der Waals surface area contributed by atoms with Crippen LogP contribution in [0.2, 0.25) is 0 Å². The molecule has 3 amide bonds. The highest BCUT2D eigenvalue weighted by Gasteiger charge is 2.07. The molecule has 1 rings (SSSR count). The van der Waals surface area contributed by atoms with Crippen LogP contribution in [-0.4, -0.2) is 32.2 Å². The van der Waals surface area contributed by atoms with Gasteiger partial charge in [0, 0.05) is 37.6 Å². The molecular formula is C17H27N3O3. The van der Waals surface area contributed by atoms with Crippen LogP contribution < -0.4 is 16.0 Å². The van der Waals surface area contributed by atoms with Crippen molar-refractivity contribution in [3.8, 4) is 0 Å². The molecule has 0 fully saturated rings. The molecule has 1 aromatic rings. The molecule has 0 aromatic heterocycles. The summed E-state index contributed by atoms with van der Waals surface area (Å²) >= 11 is 0. The van der Waals surface area contributed by atoms with Crippen molar-refractivity contribution in [3.05, 3.63) is 24.3 Å². The Morgan fingerprint density at radius 1 is 1.00 bits per heavy atom. The first-order valence-corrected chi connectivity index (χ1v) is 7.97. The van der Waals surface area contributed by atoms with Crippen LogP contribution >= 0.6 is 0 Å². The number of hydrogen-bond donors (Lipinski definition) is 3. The predicted octanol–water partition coefficient (Wildman–Crippen LogP) is 3.22. The number of carbonyl (C=O) groups excluding carboxylic acids is 2. The molecule has 0 aliphatic heterocycles. The number of benzene rings is 1. The van der Waals surface area contributed by atoms with Gasteiger partial charge in [-0.05, 0) is 43.5 Å². The van der Waals surface area contributed by atoms with Crippen molar-refractivity contribution < 1.29 is 14.3 Å². The van der Waals surface area contributed by atoms with Crippen molar-refractivity contribution in [2.75, 3.05) is 30.9 Å². The molecule has 0 atom stereocenters. The molecule has 0 spiro atoms. The molecule has 23 heavy (non-hydrogen) atoms. The van der Waals surface area contributed by atoms with E-state index in [2.05, 4.69) is 16.0 Å². The van der Waals surface area contributed by atoms with Crippen molar-refractivity contribution in [1.82, 2.24) is 5.32 Å². The quantitative estimate of drug-likeness (QED) is 0.611. The Morgan fingerprint density at radius 2 is 1.61 bits per heavy atom. The van der Waals surface area contributed by atoms with E-state index in [-0.39, 0.29) is 17.9 Å². The van der Waals surface area contributed by atoms with E-state index in [0.717, 1.165) is 25.9 Å². The number of amides is 3. The fourth-order valence-electron chi connectivity index (χ4n) is 1.85. The van der Waals surface area contributed by atoms with E-state index < -0.39 is 0 Å². The molecule has 3 N–H and O–H groups in total. The highest BCUT2D eigenvalue weighted by atomic mass is 16.5. The highest BCUT2D eigenvalue weighted by Crippen LogP contribution is 2.14. The molecule has 0 bridgehead atoms. The lowest BCUT2D eigenvalue weighted by molar-refractivity contribution is -0.118. The number of hydrogen-bond acceptors (Lipinski definition) is 3. The third kappa shape index (κ3) is 8.21. The molecule has 6 nitrogen and oxygen atoms in total. The molecule has 0 radical (unpaired) electrons. The second-order valence-corrected chi connectivity index (χ2v) is 5.66. The molecule has 0 aliphatic carbocycles. The van der Waals surface area contributed by atoms with Gasteiger partial charge in [-0.1, -0.05) is 13.8 Å². The van der Waals surface area contributed by atoms with E-state index in [1.54, 1.807) is 31.4 Å². The van der Waals surface area contributed by atoms with Crippen molar-refractivity contribution in [2.45, 2.75) is 33.1 Å². The van der Waals surface area contributed by atoms with Crippen LogP contribution in [0.4, 0.5) is 16.2 Å². The maximum absolute atomic E-state index is 11.7. The molecule has 0 saturated heterocycles. The standard InChI is InChI=1S/C17H27N3O3/c1-13(2)16(21)19-14-7-9-15(10-8-14)20-17(22)18-11-5-4-6-12-23-3/h7-10,13H,4-6,11-12H2,1-3H3,(H,19,21)(H2,18,20,22). The van der Waals surface area contributed by atoms with Gasteiger partial charge in [0.1, 0.15) is 0 Å². The van der Waals surface area contributed by atoms with E-state index in [4.69, 9.17) is 4.74 Å². The second kappa shape index (κ2) is 10.6. The number of ether oxygens (including phenoxy) is 1. The normalized spacial score (nSPS) is 10.4. The SMILES string of the molecule is COCCCCCNC(=O)Nc1ccc(NC(=O)C(C)C)cc1. The van der Waals surface area contributed by atoms with Gasteiger partial charge in [-0.2, -0.15) is 0 Å². The van der Waals surface area contributed by atoms with Gasteiger partial charge in [0.05, 0.1) is 0 Å². The van der Waals surface area contributed by atoms with Crippen LogP contribution in [0.15, 0.2) is 24.3 Å². The summed E-state index contributed by atoms with van der Waals surface area (Å²) in [5.41, 5.74) is 1.40. The number of carbonyl (C=O) groups is 2. The van der Waals surface area contributed by atoms with E-state index >= 15 is 0 Å². The third-order valence-electron chi connectivity index (χ3n) is 3.25. The molecule has 6 heteroatoms. The van der Waals surface area contributed by atoms with Crippen molar-refractivity contribution >= 4 is 23.3 Å². The van der Waals surface area contributed by atoms with Gasteiger partial charge in [-0.25, -0.2) is 4.79 Å². The zero-order chi connectivity index (χ0) is 17.1. The monoisotopic (exact) mass is 321 g/mol. The number of methoxy groups -OCH3 is 1. The summed E-state index contributed by atoms with van der Waals surface area (Å²) in [6, 6.07) is 6.82. The summed E-state index contributed by atoms with van der Waals surface area (Å²) in [7, 11) is 1.69. The van der Waals surface area contributed by atoms with Crippen LogP contribution in [0.1, 0.15) is 33.1 Å². The van der Waals surface area contributed by atoms with Crippen molar-refractivity contribution in [1.29, 1.82) is 0 Å². The zero-order valence-electron chi connectivity index (χ0n) is 14.1. The fraction of sp³-hybridized carbons (Fsp3) is 0.529. The summed E-state index contributed by atoms with van der Waals surface area (Å²) in [5.74, 6) is -0.0978. The van der Waals surface area contributed by atoms with Gasteiger partial charge in [0.15, 0.2) is 0 Å². The highest BCUT2D eigenvalue weighted by molar-refractivity contribution is 5.93. The Labute approximate surface area is 138 Å². The smallest absolute Gasteiger partial charge is 0.319 e. The average Bonchev–Trinajstić information content (AvgIpc) is 2.52. The lowest BCUT2D eigenvalue weighted by atomic mass is 10.2. The summed E-state index contributed by atoms with van der Waals surface area (Å²) < 4.78 is 4.97. The maximum atomic E-state index is 11.7. The number of nitrogens with one attached hydrogen (secondary N) is 3. The average molecular weight is 321 g/mol. The Kier molecular flexibility index (Phi) is 8.75. The van der Waals surface area contributed by atoms with Gasteiger partial charge < -0.3 is 20.7 Å². The summed E-state index contributed by atoms with van der Waals surface area (Å²) in [5, 5.41) is 8.37. The minimum atomic E-state index is -0.226. The first kappa shape index (κ1) is 19.0. The number of rotatable bonds is 9. The molecule has 0 aliphatic rings. The van der Waals surface area contributed by atoms with Crippen molar-refractivity contribution in [3.63, 3.8) is 0 Å². The van der Waals surface area contributed by atoms with Gasteiger partial charge in [0.25, 0.3) is 0 Å². The Bertz CT molecular complexity index is 486. The van der Waals surface area contributed by atoms with E-state index in [1.807, 2.05) is 13.8 Å². The van der Waals surface area contributed by atoms with Crippen LogP contribution in [0.25, 0.3) is 0 Å². The molecule has 0 saturated carbocycles. The van der Waals surface area contributed by atoms with E-state index in [9.17, 15) is 9.59 Å². The number of unbranched alkanes of at least 4 members (excludes halogenated alkanes) is 2. The first-order chi connectivity index (χ1) is 11.0. The Balaban J connectivity index is 2.28. The van der Waals surface area contributed by atoms with Gasteiger partial charge >= 0.3 is 6.03 Å². The fourth-order valence-corrected chi connectivity index (χ4v) is 1.85. The largest absolute Gasteiger partial charge is 0.385 e. The van der Waals surface area contributed by atoms with Crippen LogP contribution in [0.5, 0.6) is 0 Å². The Morgan fingerprint density at radius 3 is 2.17 bits per heavy atom. The van der Waals surface area contributed by atoms with Crippen LogP contribution in [-0.2, 0) is 9.53 Å². The predicted molar refractivity (Wildman–Crippen MR) is 92.7 cm³/mol. The van der Waals surface area contributed by atoms with Gasteiger partial charge in [0.2, 0.25) is 5.91 Å². The molecule has 0 unspecified atom stereocenters. The lowest BCUT2D eigenvalue weighted by Crippen LogP contribution is -2.29. The molecule has 128 valence electrons. The summed E-state index contributed by atoms with van der Waals surface area (Å²) in [6.45, 7) is 5.07. The molecule has 1 aromatic carbocycles. The first-order valence-electron chi connectivity index (χ1n) is 7.97. The van der Waals surface area contributed by atoms with Crippen LogP contribution in [0, 0.1) is 5.92 Å². The van der Waals surface area contributed by atoms with Gasteiger partial charge in [-0.15, -0.1) is 0 Å². The summed E-state index contributed by atoms with van der Waals surface area (Å²) in [6.07, 6.45) is 2.96. The minimum Gasteiger partial charge on any atom is -0.385 e. The second-order valence-electron chi connectivity index (χ2n) is 5.66. The topological polar surface area (TPSA) is 79.5 Å². The van der Waals surface area contributed by atoms with E-state index in [0.29, 0.717) is 17.9 Å². The summed E-state index contributed by atoms with van der Waals surface area (Å²) in [4.78, 5) is 23.3. The molecular weight excluding hydrogens is 294 g/mol. The Hall–Kier alpha value is -2.08. The maximum Gasteiger partial charge on any atom is 0.319 e. The van der Waals surface area contributed by atoms with Crippen LogP contribution in [0.3, 0.4) is 0 Å². The minimum absolute atomic E-state index is 0.0306. The molecule has 0 heterocycles. The zero-order valence-corrected chi connectivity index (χ0v) is 14.1.